The Morgan fingerprint density at radius 2 is 2.00 bits per heavy atom. The van der Waals surface area contributed by atoms with E-state index < -0.39 is 5.97 Å². The third-order valence-corrected chi connectivity index (χ3v) is 4.38. The molecule has 0 saturated heterocycles. The lowest BCUT2D eigenvalue weighted by atomic mass is 10.2. The fraction of sp³-hybridized carbons (Fsp3) is 0.105. The van der Waals surface area contributed by atoms with Crippen molar-refractivity contribution in [3.63, 3.8) is 0 Å². The molecule has 0 unspecified atom stereocenters. The molecule has 6 nitrogen and oxygen atoms in total. The van der Waals surface area contributed by atoms with E-state index in [2.05, 4.69) is 15.2 Å². The average Bonchev–Trinajstić information content (AvgIpc) is 3.06. The molecule has 0 saturated carbocycles. The van der Waals surface area contributed by atoms with Gasteiger partial charge >= 0.3 is 5.97 Å². The number of aromatic amines is 1. The van der Waals surface area contributed by atoms with Gasteiger partial charge in [-0.2, -0.15) is 0 Å². The van der Waals surface area contributed by atoms with Gasteiger partial charge in [0.2, 0.25) is 5.16 Å². The second-order valence-electron chi connectivity index (χ2n) is 5.57. The second kappa shape index (κ2) is 8.50. The summed E-state index contributed by atoms with van der Waals surface area (Å²) >= 11 is 0.948. The first kappa shape index (κ1) is 18.7. The molecular weight excluding hydrogens is 369 g/mol. The SMILES string of the molecule is Cc1nc(S/C(=C\c2ccccc2OCc2ccc(F)cc2)C(=O)O)n[nH]1. The van der Waals surface area contributed by atoms with Crippen molar-refractivity contribution in [2.45, 2.75) is 18.7 Å². The van der Waals surface area contributed by atoms with E-state index in [1.165, 1.54) is 18.2 Å². The zero-order chi connectivity index (χ0) is 19.2. The normalized spacial score (nSPS) is 11.4. The van der Waals surface area contributed by atoms with Crippen LogP contribution >= 0.6 is 11.8 Å². The molecule has 2 N–H and O–H groups in total. The first-order valence-electron chi connectivity index (χ1n) is 7.99. The summed E-state index contributed by atoms with van der Waals surface area (Å²) in [5.74, 6) is -0.277. The van der Waals surface area contributed by atoms with Crippen LogP contribution in [0.3, 0.4) is 0 Å². The number of halogens is 1. The van der Waals surface area contributed by atoms with Gasteiger partial charge < -0.3 is 9.84 Å². The Balaban J connectivity index is 1.81. The Labute approximate surface area is 159 Å². The van der Waals surface area contributed by atoms with Crippen LogP contribution in [0.2, 0.25) is 0 Å². The molecule has 27 heavy (non-hydrogen) atoms. The number of para-hydroxylation sites is 1. The van der Waals surface area contributed by atoms with Gasteiger partial charge in [-0.1, -0.05) is 30.3 Å². The number of thioether (sulfide) groups is 1. The largest absolute Gasteiger partial charge is 0.488 e. The van der Waals surface area contributed by atoms with Gasteiger partial charge in [0.15, 0.2) is 0 Å². The Morgan fingerprint density at radius 3 is 2.67 bits per heavy atom. The number of hydrogen-bond acceptors (Lipinski definition) is 5. The van der Waals surface area contributed by atoms with Gasteiger partial charge in [-0.25, -0.2) is 14.2 Å². The molecule has 0 amide bonds. The van der Waals surface area contributed by atoms with Crippen LogP contribution in [0, 0.1) is 12.7 Å². The highest BCUT2D eigenvalue weighted by atomic mass is 32.2. The van der Waals surface area contributed by atoms with Crippen LogP contribution in [0.5, 0.6) is 5.75 Å². The number of hydrogen-bond donors (Lipinski definition) is 2. The Kier molecular flexibility index (Phi) is 5.87. The standard InChI is InChI=1S/C19H16FN3O3S/c1-12-21-19(23-22-12)27-17(18(24)25)10-14-4-2-3-5-16(14)26-11-13-6-8-15(20)9-7-13/h2-10H,11H2,1H3,(H,24,25)(H,21,22,23)/b17-10-. The van der Waals surface area contributed by atoms with E-state index in [0.29, 0.717) is 22.3 Å². The summed E-state index contributed by atoms with van der Waals surface area (Å²) in [5, 5.41) is 16.4. The summed E-state index contributed by atoms with van der Waals surface area (Å²) in [5.41, 5.74) is 1.41. The van der Waals surface area contributed by atoms with E-state index in [9.17, 15) is 14.3 Å². The third kappa shape index (κ3) is 5.18. The van der Waals surface area contributed by atoms with E-state index in [0.717, 1.165) is 17.3 Å². The summed E-state index contributed by atoms with van der Waals surface area (Å²) < 4.78 is 18.8. The number of aliphatic carboxylic acids is 1. The maximum atomic E-state index is 13.0. The number of aryl methyl sites for hydroxylation is 1. The minimum Gasteiger partial charge on any atom is -0.488 e. The van der Waals surface area contributed by atoms with Crippen molar-refractivity contribution in [1.29, 1.82) is 0 Å². The van der Waals surface area contributed by atoms with E-state index >= 15 is 0 Å². The summed E-state index contributed by atoms with van der Waals surface area (Å²) in [4.78, 5) is 15.8. The number of nitrogens with one attached hydrogen (secondary N) is 1. The second-order valence-corrected chi connectivity index (χ2v) is 6.58. The minimum atomic E-state index is -1.09. The molecule has 1 heterocycles. The first-order valence-corrected chi connectivity index (χ1v) is 8.81. The molecule has 0 radical (unpaired) electrons. The van der Waals surface area contributed by atoms with Gasteiger partial charge in [0.05, 0.1) is 0 Å². The Hall–Kier alpha value is -3.13. The topological polar surface area (TPSA) is 88.1 Å². The van der Waals surface area contributed by atoms with Crippen molar-refractivity contribution in [1.82, 2.24) is 15.2 Å². The van der Waals surface area contributed by atoms with Crippen molar-refractivity contribution < 1.29 is 19.0 Å². The molecule has 0 aliphatic rings. The monoisotopic (exact) mass is 385 g/mol. The van der Waals surface area contributed by atoms with Crippen LogP contribution in [-0.4, -0.2) is 26.3 Å². The van der Waals surface area contributed by atoms with Gasteiger partial charge in [0.1, 0.15) is 28.9 Å². The number of carbonyl (C=O) groups is 1. The van der Waals surface area contributed by atoms with Crippen molar-refractivity contribution in [3.8, 4) is 5.75 Å². The maximum Gasteiger partial charge on any atom is 0.342 e. The lowest BCUT2D eigenvalue weighted by Gasteiger charge is -2.10. The van der Waals surface area contributed by atoms with Gasteiger partial charge in [0, 0.05) is 5.56 Å². The zero-order valence-electron chi connectivity index (χ0n) is 14.3. The highest BCUT2D eigenvalue weighted by Crippen LogP contribution is 2.29. The van der Waals surface area contributed by atoms with E-state index in [4.69, 9.17) is 4.74 Å². The summed E-state index contributed by atoms with van der Waals surface area (Å²) in [6.07, 6.45) is 1.51. The summed E-state index contributed by atoms with van der Waals surface area (Å²) in [7, 11) is 0. The molecule has 3 aromatic rings. The fourth-order valence-corrected chi connectivity index (χ4v) is 2.96. The fourth-order valence-electron chi connectivity index (χ4n) is 2.22. The molecule has 0 atom stereocenters. The van der Waals surface area contributed by atoms with Crippen LogP contribution in [0.25, 0.3) is 6.08 Å². The van der Waals surface area contributed by atoms with Crippen LogP contribution in [0.1, 0.15) is 17.0 Å². The van der Waals surface area contributed by atoms with Gasteiger partial charge in [-0.15, -0.1) is 5.10 Å². The summed E-state index contributed by atoms with van der Waals surface area (Å²) in [6.45, 7) is 1.97. The van der Waals surface area contributed by atoms with E-state index in [-0.39, 0.29) is 17.3 Å². The number of nitrogens with zero attached hydrogens (tertiary/aromatic N) is 2. The van der Waals surface area contributed by atoms with Crippen LogP contribution in [0.4, 0.5) is 4.39 Å². The Morgan fingerprint density at radius 1 is 1.26 bits per heavy atom. The van der Waals surface area contributed by atoms with Gasteiger partial charge in [0.25, 0.3) is 0 Å². The number of aromatic nitrogens is 3. The molecular formula is C19H16FN3O3S. The molecule has 1 aromatic heterocycles. The average molecular weight is 385 g/mol. The predicted octanol–water partition coefficient (Wildman–Crippen LogP) is 4.05. The molecule has 0 fully saturated rings. The third-order valence-electron chi connectivity index (χ3n) is 3.50. The molecule has 0 aliphatic carbocycles. The highest BCUT2D eigenvalue weighted by molar-refractivity contribution is 8.04. The zero-order valence-corrected chi connectivity index (χ0v) is 15.2. The Bertz CT molecular complexity index is 970. The number of benzene rings is 2. The van der Waals surface area contributed by atoms with E-state index in [1.807, 2.05) is 0 Å². The number of H-pyrrole nitrogens is 1. The minimum absolute atomic E-state index is 0.0619. The van der Waals surface area contributed by atoms with Gasteiger partial charge in [-0.05, 0) is 48.5 Å². The lowest BCUT2D eigenvalue weighted by molar-refractivity contribution is -0.131. The summed E-state index contributed by atoms with van der Waals surface area (Å²) in [6, 6.07) is 13.1. The van der Waals surface area contributed by atoms with Crippen molar-refractivity contribution >= 4 is 23.8 Å². The van der Waals surface area contributed by atoms with Gasteiger partial charge in [-0.3, -0.25) is 5.10 Å². The molecule has 2 aromatic carbocycles. The number of rotatable bonds is 7. The molecule has 0 bridgehead atoms. The lowest BCUT2D eigenvalue weighted by Crippen LogP contribution is -2.00. The van der Waals surface area contributed by atoms with E-state index in [1.54, 1.807) is 43.3 Å². The van der Waals surface area contributed by atoms with Crippen LogP contribution in [0.15, 0.2) is 58.6 Å². The smallest absolute Gasteiger partial charge is 0.342 e. The first-order chi connectivity index (χ1) is 13.0. The highest BCUT2D eigenvalue weighted by Gasteiger charge is 2.14. The van der Waals surface area contributed by atoms with Crippen molar-refractivity contribution in [2.75, 3.05) is 0 Å². The maximum absolute atomic E-state index is 13.0. The predicted molar refractivity (Wildman–Crippen MR) is 99.8 cm³/mol. The van der Waals surface area contributed by atoms with Crippen molar-refractivity contribution in [3.05, 3.63) is 76.2 Å². The van der Waals surface area contributed by atoms with Crippen LogP contribution < -0.4 is 4.74 Å². The molecule has 0 aliphatic heterocycles. The molecule has 138 valence electrons. The number of carboxylic acids is 1. The van der Waals surface area contributed by atoms with Crippen molar-refractivity contribution in [2.24, 2.45) is 0 Å². The quantitative estimate of drug-likeness (QED) is 0.471. The van der Waals surface area contributed by atoms with Crippen LogP contribution in [-0.2, 0) is 11.4 Å². The molecule has 8 heteroatoms. The number of ether oxygens (including phenoxy) is 1. The molecule has 3 rings (SSSR count). The molecule has 0 spiro atoms. The number of carboxylic acid groups (broad SMARTS) is 1.